The lowest BCUT2D eigenvalue weighted by molar-refractivity contribution is 0.194. The number of anilines is 1. The third-order valence-corrected chi connectivity index (χ3v) is 8.43. The average Bonchev–Trinajstić information content (AvgIpc) is 3.41. The van der Waals surface area contributed by atoms with Gasteiger partial charge in [-0.2, -0.15) is 0 Å². The van der Waals surface area contributed by atoms with Crippen LogP contribution >= 0.6 is 11.3 Å². The summed E-state index contributed by atoms with van der Waals surface area (Å²) in [6.45, 7) is 4.58. The Labute approximate surface area is 209 Å². The van der Waals surface area contributed by atoms with Crippen LogP contribution in [0.2, 0.25) is 0 Å². The van der Waals surface area contributed by atoms with Crippen molar-refractivity contribution >= 4 is 23.1 Å². The first kappa shape index (κ1) is 22.1. The van der Waals surface area contributed by atoms with Crippen molar-refractivity contribution in [1.29, 1.82) is 0 Å². The van der Waals surface area contributed by atoms with Crippen molar-refractivity contribution < 1.29 is 9.18 Å². The molecule has 6 heteroatoms. The van der Waals surface area contributed by atoms with Crippen molar-refractivity contribution in [3.63, 3.8) is 0 Å². The highest BCUT2D eigenvalue weighted by molar-refractivity contribution is 7.15. The van der Waals surface area contributed by atoms with Gasteiger partial charge >= 0.3 is 6.03 Å². The molecule has 1 aliphatic heterocycles. The van der Waals surface area contributed by atoms with E-state index in [2.05, 4.69) is 28.2 Å². The molecule has 2 aromatic heterocycles. The summed E-state index contributed by atoms with van der Waals surface area (Å²) in [4.78, 5) is 17.3. The monoisotopic (exact) mass is 485 g/mol. The molecule has 2 aliphatic rings. The normalized spacial score (nSPS) is 16.8. The number of nitrogens with one attached hydrogen (secondary N) is 1. The van der Waals surface area contributed by atoms with E-state index in [1.54, 1.807) is 12.1 Å². The predicted molar refractivity (Wildman–Crippen MR) is 139 cm³/mol. The van der Waals surface area contributed by atoms with Crippen LogP contribution in [0.1, 0.15) is 57.3 Å². The molecule has 1 N–H and O–H groups in total. The fraction of sp³-hybridized carbons (Fsp3) is 0.276. The van der Waals surface area contributed by atoms with Gasteiger partial charge in [0.25, 0.3) is 0 Å². The van der Waals surface area contributed by atoms with Crippen molar-refractivity contribution in [2.24, 2.45) is 0 Å². The molecule has 0 spiro atoms. The van der Waals surface area contributed by atoms with Crippen LogP contribution < -0.4 is 5.32 Å². The standard InChI is InChI=1S/C29H28FN3OS/c1-18-14-19(2)16-22(15-18)31-29(34)33-17-24-23-6-3-4-8-26(23)35-28(24)32-13-5-7-25(32)27(33)20-9-11-21(30)12-10-20/h5,7,9-16,27H,3-4,6,8,17H2,1-2H3,(H,31,34)/t27-/m0/s1. The van der Waals surface area contributed by atoms with Gasteiger partial charge in [0.15, 0.2) is 0 Å². The van der Waals surface area contributed by atoms with Crippen LogP contribution in [0, 0.1) is 19.7 Å². The van der Waals surface area contributed by atoms with Crippen LogP contribution in [0.15, 0.2) is 60.8 Å². The number of halogens is 1. The molecule has 1 atom stereocenters. The number of carbonyl (C=O) groups is 1. The Balaban J connectivity index is 1.49. The maximum Gasteiger partial charge on any atom is 0.322 e. The average molecular weight is 486 g/mol. The Bertz CT molecular complexity index is 1400. The van der Waals surface area contributed by atoms with Crippen LogP contribution in [0.4, 0.5) is 14.9 Å². The van der Waals surface area contributed by atoms with E-state index >= 15 is 0 Å². The largest absolute Gasteiger partial charge is 0.322 e. The van der Waals surface area contributed by atoms with Gasteiger partial charge < -0.3 is 14.8 Å². The number of hydrogen-bond donors (Lipinski definition) is 1. The Hall–Kier alpha value is -3.38. The SMILES string of the molecule is Cc1cc(C)cc(NC(=O)N2Cc3c(sc4c3CCCC4)-n3cccc3[C@@H]2c2ccc(F)cc2)c1. The first-order chi connectivity index (χ1) is 17.0. The van der Waals surface area contributed by atoms with E-state index in [9.17, 15) is 9.18 Å². The lowest BCUT2D eigenvalue weighted by Gasteiger charge is -2.31. The minimum atomic E-state index is -0.338. The van der Waals surface area contributed by atoms with Crippen molar-refractivity contribution in [1.82, 2.24) is 9.47 Å². The van der Waals surface area contributed by atoms with Crippen LogP contribution in [-0.4, -0.2) is 15.5 Å². The third kappa shape index (κ3) is 3.96. The number of amides is 2. The zero-order valence-electron chi connectivity index (χ0n) is 20.0. The molecule has 0 radical (unpaired) electrons. The number of urea groups is 1. The molecule has 0 saturated carbocycles. The highest BCUT2D eigenvalue weighted by Gasteiger charge is 2.36. The molecule has 1 aliphatic carbocycles. The summed E-state index contributed by atoms with van der Waals surface area (Å²) in [5, 5.41) is 4.38. The van der Waals surface area contributed by atoms with Gasteiger partial charge in [-0.05, 0) is 98.2 Å². The molecule has 0 saturated heterocycles. The number of aryl methyl sites for hydroxylation is 3. The highest BCUT2D eigenvalue weighted by Crippen LogP contribution is 2.44. The second-order valence-corrected chi connectivity index (χ2v) is 10.8. The number of fused-ring (bicyclic) bond motifs is 5. The molecule has 3 heterocycles. The Morgan fingerprint density at radius 3 is 2.51 bits per heavy atom. The summed E-state index contributed by atoms with van der Waals surface area (Å²) in [6.07, 6.45) is 6.67. The maximum atomic E-state index is 14.0. The van der Waals surface area contributed by atoms with Crippen molar-refractivity contribution in [2.75, 3.05) is 5.32 Å². The van der Waals surface area contributed by atoms with Gasteiger partial charge in [0, 0.05) is 22.3 Å². The van der Waals surface area contributed by atoms with Crippen LogP contribution in [-0.2, 0) is 19.4 Å². The fourth-order valence-corrected chi connectivity index (χ4v) is 7.03. The summed E-state index contributed by atoms with van der Waals surface area (Å²) < 4.78 is 16.1. The van der Waals surface area contributed by atoms with Gasteiger partial charge in [0.1, 0.15) is 10.8 Å². The fourth-order valence-electron chi connectivity index (χ4n) is 5.62. The number of nitrogens with zero attached hydrogens (tertiary/aromatic N) is 2. The number of hydrogen-bond acceptors (Lipinski definition) is 2. The maximum absolute atomic E-state index is 14.0. The summed E-state index contributed by atoms with van der Waals surface area (Å²) in [7, 11) is 0. The zero-order valence-corrected chi connectivity index (χ0v) is 20.8. The summed E-state index contributed by atoms with van der Waals surface area (Å²) >= 11 is 1.86. The molecule has 35 heavy (non-hydrogen) atoms. The van der Waals surface area contributed by atoms with E-state index in [0.29, 0.717) is 6.54 Å². The van der Waals surface area contributed by atoms with Crippen LogP contribution in [0.3, 0.4) is 0 Å². The predicted octanol–water partition coefficient (Wildman–Crippen LogP) is 7.31. The van der Waals surface area contributed by atoms with Crippen molar-refractivity contribution in [3.05, 3.63) is 105 Å². The molecule has 0 bridgehead atoms. The smallest absolute Gasteiger partial charge is 0.310 e. The molecule has 0 fully saturated rings. The number of aromatic nitrogens is 1. The summed E-state index contributed by atoms with van der Waals surface area (Å²) in [5.74, 6) is -0.280. The third-order valence-electron chi connectivity index (χ3n) is 7.10. The minimum Gasteiger partial charge on any atom is -0.310 e. The van der Waals surface area contributed by atoms with E-state index in [0.717, 1.165) is 40.9 Å². The molecule has 4 nitrogen and oxygen atoms in total. The van der Waals surface area contributed by atoms with Crippen LogP contribution in [0.5, 0.6) is 0 Å². The molecule has 178 valence electrons. The molecule has 2 aromatic carbocycles. The molecule has 2 amide bonds. The Morgan fingerprint density at radius 2 is 1.74 bits per heavy atom. The molecule has 6 rings (SSSR count). The number of rotatable bonds is 2. The van der Waals surface area contributed by atoms with Crippen molar-refractivity contribution in [2.45, 2.75) is 52.1 Å². The van der Waals surface area contributed by atoms with E-state index in [4.69, 9.17) is 0 Å². The van der Waals surface area contributed by atoms with Gasteiger partial charge in [-0.25, -0.2) is 9.18 Å². The van der Waals surface area contributed by atoms with Crippen molar-refractivity contribution in [3.8, 4) is 5.00 Å². The molecule has 4 aromatic rings. The highest BCUT2D eigenvalue weighted by atomic mass is 32.1. The van der Waals surface area contributed by atoms with E-state index < -0.39 is 0 Å². The first-order valence-corrected chi connectivity index (χ1v) is 13.0. The van der Waals surface area contributed by atoms with Gasteiger partial charge in [-0.1, -0.05) is 18.2 Å². The van der Waals surface area contributed by atoms with E-state index in [-0.39, 0.29) is 17.9 Å². The zero-order chi connectivity index (χ0) is 24.1. The van der Waals surface area contributed by atoms with E-state index in [1.807, 2.05) is 48.3 Å². The Kier molecular flexibility index (Phi) is 5.49. The minimum absolute atomic E-state index is 0.152. The Morgan fingerprint density at radius 1 is 1.00 bits per heavy atom. The first-order valence-electron chi connectivity index (χ1n) is 12.2. The lowest BCUT2D eigenvalue weighted by atomic mass is 9.95. The molecular formula is C29H28FN3OS. The van der Waals surface area contributed by atoms with Gasteiger partial charge in [-0.15, -0.1) is 11.3 Å². The van der Waals surface area contributed by atoms with E-state index in [1.165, 1.54) is 46.0 Å². The summed E-state index contributed by atoms with van der Waals surface area (Å²) in [5.41, 5.74) is 7.58. The second kappa shape index (κ2) is 8.68. The number of benzene rings is 2. The quantitative estimate of drug-likeness (QED) is 0.318. The van der Waals surface area contributed by atoms with Gasteiger partial charge in [0.2, 0.25) is 0 Å². The lowest BCUT2D eigenvalue weighted by Crippen LogP contribution is -2.38. The second-order valence-electron chi connectivity index (χ2n) is 9.69. The topological polar surface area (TPSA) is 37.3 Å². The van der Waals surface area contributed by atoms with Gasteiger partial charge in [0.05, 0.1) is 18.3 Å². The number of carbonyl (C=O) groups excluding carboxylic acids is 1. The molecular weight excluding hydrogens is 457 g/mol. The van der Waals surface area contributed by atoms with Crippen LogP contribution in [0.25, 0.3) is 5.00 Å². The molecule has 0 unspecified atom stereocenters. The summed E-state index contributed by atoms with van der Waals surface area (Å²) in [6, 6.07) is 16.3. The van der Waals surface area contributed by atoms with Gasteiger partial charge in [-0.3, -0.25) is 0 Å². The number of thiophene rings is 1.